The van der Waals surface area contributed by atoms with Gasteiger partial charge in [0.15, 0.2) is 5.78 Å². The topological polar surface area (TPSA) is 162 Å². The summed E-state index contributed by atoms with van der Waals surface area (Å²) in [6.45, 7) is 10.1. The van der Waals surface area contributed by atoms with E-state index >= 15 is 0 Å². The Hall–Kier alpha value is -1.91. The molecule has 8 atom stereocenters. The molecule has 0 spiro atoms. The predicted octanol–water partition coefficient (Wildman–Crippen LogP) is 3.15. The first kappa shape index (κ1) is 33.6. The molecule has 0 aromatic carbocycles. The molecule has 0 unspecified atom stereocenters. The van der Waals surface area contributed by atoms with Gasteiger partial charge in [0.05, 0.1) is 18.3 Å². The van der Waals surface area contributed by atoms with E-state index in [1.54, 1.807) is 26.0 Å². The summed E-state index contributed by atoms with van der Waals surface area (Å²) in [5.74, 6) is -4.04. The van der Waals surface area contributed by atoms with Gasteiger partial charge in [-0.05, 0) is 24.5 Å². The number of unbranched alkanes of at least 4 members (excludes halogenated alkanes) is 6. The van der Waals surface area contributed by atoms with Crippen LogP contribution in [-0.4, -0.2) is 72.8 Å². The van der Waals surface area contributed by atoms with Crippen molar-refractivity contribution in [1.29, 1.82) is 0 Å². The smallest absolute Gasteiger partial charge is 0.313 e. The molecule has 4 rings (SSSR count). The van der Waals surface area contributed by atoms with Crippen LogP contribution in [0.3, 0.4) is 0 Å². The highest BCUT2D eigenvalue weighted by molar-refractivity contribution is 6.04. The van der Waals surface area contributed by atoms with Crippen LogP contribution >= 0.6 is 0 Å². The van der Waals surface area contributed by atoms with Gasteiger partial charge in [0.2, 0.25) is 0 Å². The molecule has 9 heteroatoms. The first-order valence-electron chi connectivity index (χ1n) is 15.1. The number of hydrogen-bond donors (Lipinski definition) is 5. The Balaban J connectivity index is 0.000000266. The lowest BCUT2D eigenvalue weighted by Gasteiger charge is -2.51. The van der Waals surface area contributed by atoms with Gasteiger partial charge in [-0.15, -0.1) is 0 Å². The molecule has 232 valence electrons. The minimum absolute atomic E-state index is 0.0615. The third-order valence-corrected chi connectivity index (χ3v) is 10.3. The molecular formula is C32H50O9. The molecule has 0 radical (unpaired) electrons. The Bertz CT molecular complexity index is 1080. The van der Waals surface area contributed by atoms with Crippen LogP contribution in [0.15, 0.2) is 23.3 Å². The molecule has 2 saturated carbocycles. The fraction of sp³-hybridized carbons (Fsp3) is 0.781. The van der Waals surface area contributed by atoms with Crippen molar-refractivity contribution < 1.29 is 44.7 Å². The summed E-state index contributed by atoms with van der Waals surface area (Å²) in [6.07, 6.45) is 10.6. The highest BCUT2D eigenvalue weighted by Crippen LogP contribution is 2.74. The lowest BCUT2D eigenvalue weighted by molar-refractivity contribution is -0.209. The maximum atomic E-state index is 12.7. The van der Waals surface area contributed by atoms with Gasteiger partial charge in [0, 0.05) is 48.9 Å². The van der Waals surface area contributed by atoms with Crippen molar-refractivity contribution in [2.75, 3.05) is 6.61 Å². The third kappa shape index (κ3) is 5.73. The molecule has 0 aliphatic heterocycles. The van der Waals surface area contributed by atoms with Gasteiger partial charge in [-0.25, -0.2) is 0 Å². The van der Waals surface area contributed by atoms with Gasteiger partial charge in [-0.1, -0.05) is 78.4 Å². The highest BCUT2D eigenvalue weighted by atomic mass is 16.6. The zero-order valence-corrected chi connectivity index (χ0v) is 25.5. The number of hydrogen-bond acceptors (Lipinski definition) is 9. The maximum absolute atomic E-state index is 12.7. The van der Waals surface area contributed by atoms with Crippen LogP contribution in [0.25, 0.3) is 0 Å². The van der Waals surface area contributed by atoms with E-state index in [1.807, 2.05) is 13.8 Å². The fourth-order valence-electron chi connectivity index (χ4n) is 7.88. The monoisotopic (exact) mass is 578 g/mol. The Morgan fingerprint density at radius 3 is 2.17 bits per heavy atom. The molecule has 0 saturated heterocycles. The van der Waals surface area contributed by atoms with Crippen LogP contribution < -0.4 is 0 Å². The molecule has 41 heavy (non-hydrogen) atoms. The van der Waals surface area contributed by atoms with Crippen LogP contribution in [0.2, 0.25) is 0 Å². The number of fused-ring (bicyclic) bond motifs is 5. The second-order valence-electron chi connectivity index (χ2n) is 13.2. The molecule has 2 fully saturated rings. The van der Waals surface area contributed by atoms with E-state index in [0.29, 0.717) is 17.6 Å². The lowest BCUT2D eigenvalue weighted by Crippen LogP contribution is -2.65. The number of carbonyl (C=O) groups excluding carboxylic acids is 3. The van der Waals surface area contributed by atoms with Crippen molar-refractivity contribution in [3.8, 4) is 0 Å². The molecule has 0 aromatic rings. The summed E-state index contributed by atoms with van der Waals surface area (Å²) in [4.78, 5) is 34.1. The molecule has 4 aliphatic rings. The second kappa shape index (κ2) is 12.4. The van der Waals surface area contributed by atoms with E-state index in [4.69, 9.17) is 0 Å². The molecule has 4 aliphatic carbocycles. The SMILES string of the molecule is CC1=C[C@H]2[C@]3(O)[C@H](C)[C@@H](O)[C@@]4(O)[C@H]([C@@H]3C=C(CO)C[C@@]2(O)C1=O)C4(C)C.CCCCCCCCCC(=O)OC(C)=O. The van der Waals surface area contributed by atoms with Crippen LogP contribution in [0.5, 0.6) is 0 Å². The van der Waals surface area contributed by atoms with E-state index in [0.717, 1.165) is 12.8 Å². The molecule has 0 bridgehead atoms. The van der Waals surface area contributed by atoms with Gasteiger partial charge >= 0.3 is 11.9 Å². The normalized spacial score (nSPS) is 38.2. The Labute approximate surface area is 243 Å². The predicted molar refractivity (Wildman–Crippen MR) is 152 cm³/mol. The highest BCUT2D eigenvalue weighted by Gasteiger charge is 2.84. The summed E-state index contributed by atoms with van der Waals surface area (Å²) < 4.78 is 4.42. The summed E-state index contributed by atoms with van der Waals surface area (Å²) in [5, 5.41) is 54.9. The van der Waals surface area contributed by atoms with Crippen molar-refractivity contribution in [1.82, 2.24) is 0 Å². The van der Waals surface area contributed by atoms with Crippen molar-refractivity contribution >= 4 is 17.7 Å². The first-order chi connectivity index (χ1) is 19.0. The van der Waals surface area contributed by atoms with Crippen LogP contribution in [0, 0.1) is 29.1 Å². The van der Waals surface area contributed by atoms with E-state index < -0.39 is 69.7 Å². The first-order valence-corrected chi connectivity index (χ1v) is 15.1. The average molecular weight is 579 g/mol. The Morgan fingerprint density at radius 1 is 1.02 bits per heavy atom. The van der Waals surface area contributed by atoms with Crippen LogP contribution in [0.4, 0.5) is 0 Å². The number of aliphatic hydroxyl groups excluding tert-OH is 2. The number of ether oxygens (including phenoxy) is 1. The average Bonchev–Trinajstić information content (AvgIpc) is 3.30. The van der Waals surface area contributed by atoms with E-state index in [2.05, 4.69) is 11.7 Å². The standard InChI is InChI=1S/C20H28O6.C12H22O3/c1-9-5-13-18(24,15(9)22)7-11(8-21)6-12-14-17(3,4)20(14,26)16(23)10(2)19(12,13)25;1-3-4-5-6-7-8-9-10-12(14)15-11(2)13/h5-6,10,12-14,16,21,23-26H,7-8H2,1-4H3;3-10H2,1-2H3/t10-,12+,13-,14-,16-,18+,19+,20+;/m1./s1. The largest absolute Gasteiger partial charge is 0.393 e. The number of ketones is 1. The molecule has 9 nitrogen and oxygen atoms in total. The second-order valence-corrected chi connectivity index (χ2v) is 13.2. The number of aliphatic hydroxyl groups is 5. The van der Waals surface area contributed by atoms with E-state index in [1.165, 1.54) is 39.0 Å². The van der Waals surface area contributed by atoms with Gasteiger partial charge in [-0.2, -0.15) is 0 Å². The molecule has 0 heterocycles. The number of rotatable bonds is 9. The van der Waals surface area contributed by atoms with E-state index in [-0.39, 0.29) is 13.0 Å². The number of Topliss-reactive ketones (excluding diaryl/α,β-unsaturated/α-hetero) is 1. The van der Waals surface area contributed by atoms with Crippen LogP contribution in [-0.2, 0) is 19.1 Å². The minimum Gasteiger partial charge on any atom is -0.393 e. The number of carbonyl (C=O) groups is 3. The zero-order chi connectivity index (χ0) is 31.0. The van der Waals surface area contributed by atoms with Crippen molar-refractivity contribution in [3.05, 3.63) is 23.3 Å². The number of esters is 2. The molecule has 0 aromatic heterocycles. The van der Waals surface area contributed by atoms with E-state index in [9.17, 15) is 39.9 Å². The molecule has 0 amide bonds. The van der Waals surface area contributed by atoms with Crippen LogP contribution in [0.1, 0.15) is 99.3 Å². The quantitative estimate of drug-likeness (QED) is 0.120. The molecule has 5 N–H and O–H groups in total. The van der Waals surface area contributed by atoms with Gasteiger partial charge in [0.25, 0.3) is 0 Å². The summed E-state index contributed by atoms with van der Waals surface area (Å²) in [7, 11) is 0. The summed E-state index contributed by atoms with van der Waals surface area (Å²) in [5.41, 5.74) is -4.57. The maximum Gasteiger partial charge on any atom is 0.313 e. The van der Waals surface area contributed by atoms with Gasteiger partial charge < -0.3 is 30.3 Å². The summed E-state index contributed by atoms with van der Waals surface area (Å²) in [6, 6.07) is 0. The third-order valence-electron chi connectivity index (χ3n) is 10.3. The van der Waals surface area contributed by atoms with Crippen molar-refractivity contribution in [3.63, 3.8) is 0 Å². The molecular weight excluding hydrogens is 528 g/mol. The Morgan fingerprint density at radius 2 is 1.61 bits per heavy atom. The fourth-order valence-corrected chi connectivity index (χ4v) is 7.88. The lowest BCUT2D eigenvalue weighted by atomic mass is 9.59. The van der Waals surface area contributed by atoms with Crippen molar-refractivity contribution in [2.24, 2.45) is 29.1 Å². The minimum atomic E-state index is -1.84. The summed E-state index contributed by atoms with van der Waals surface area (Å²) >= 11 is 0. The Kier molecular flexibility index (Phi) is 10.1. The zero-order valence-electron chi connectivity index (χ0n) is 25.5. The van der Waals surface area contributed by atoms with Gasteiger partial charge in [-0.3, -0.25) is 14.4 Å². The van der Waals surface area contributed by atoms with Crippen molar-refractivity contribution in [2.45, 2.75) is 122 Å². The van der Waals surface area contributed by atoms with Gasteiger partial charge in [0.1, 0.15) is 11.2 Å².